The van der Waals surface area contributed by atoms with Crippen LogP contribution in [-0.2, 0) is 4.74 Å². The molecule has 0 radical (unpaired) electrons. The van der Waals surface area contributed by atoms with Gasteiger partial charge >= 0.3 is 0 Å². The average molecular weight is 357 g/mol. The summed E-state index contributed by atoms with van der Waals surface area (Å²) in [5, 5.41) is 3.57. The first-order valence-corrected chi connectivity index (χ1v) is 8.60. The van der Waals surface area contributed by atoms with Gasteiger partial charge in [-0.15, -0.1) is 0 Å². The minimum absolute atomic E-state index is 0.285. The van der Waals surface area contributed by atoms with Crippen LogP contribution in [0.4, 0.5) is 5.69 Å². The summed E-state index contributed by atoms with van der Waals surface area (Å²) < 4.78 is 6.78. The molecule has 1 atom stereocenters. The maximum absolute atomic E-state index is 5.66. The molecule has 0 aliphatic carbocycles. The van der Waals surface area contributed by atoms with Crippen LogP contribution in [-0.4, -0.2) is 32.8 Å². The number of hydrogen-bond acceptors (Lipinski definition) is 3. The average Bonchev–Trinajstić information content (AvgIpc) is 2.44. The van der Waals surface area contributed by atoms with Gasteiger partial charge in [0.15, 0.2) is 0 Å². The quantitative estimate of drug-likeness (QED) is 0.710. The van der Waals surface area contributed by atoms with E-state index in [1.165, 1.54) is 11.3 Å². The van der Waals surface area contributed by atoms with Crippen molar-refractivity contribution in [3.8, 4) is 0 Å². The third-order valence-electron chi connectivity index (χ3n) is 3.45. The number of nitrogens with one attached hydrogen (secondary N) is 1. The van der Waals surface area contributed by atoms with Crippen LogP contribution in [0.3, 0.4) is 0 Å². The number of benzene rings is 1. The third-order valence-corrected chi connectivity index (χ3v) is 3.94. The zero-order valence-electron chi connectivity index (χ0n) is 13.9. The Labute approximate surface area is 138 Å². The standard InChI is InChI=1S/C17H29BrN2O/c1-6-9-19-14(4)16-12-15(18)7-8-17(16)20(5)10-11-21-13(2)3/h7-8,12-14,19H,6,9-11H2,1-5H3. The Balaban J connectivity index is 2.79. The van der Waals surface area contributed by atoms with Crippen molar-refractivity contribution >= 4 is 21.6 Å². The number of ether oxygens (including phenoxy) is 1. The molecule has 21 heavy (non-hydrogen) atoms. The first kappa shape index (κ1) is 18.5. The van der Waals surface area contributed by atoms with Gasteiger partial charge < -0.3 is 15.0 Å². The van der Waals surface area contributed by atoms with Crippen LogP contribution in [0.15, 0.2) is 22.7 Å². The van der Waals surface area contributed by atoms with Crippen LogP contribution in [0.5, 0.6) is 0 Å². The highest BCUT2D eigenvalue weighted by molar-refractivity contribution is 9.10. The smallest absolute Gasteiger partial charge is 0.0644 e. The van der Waals surface area contributed by atoms with Gasteiger partial charge in [0, 0.05) is 29.8 Å². The van der Waals surface area contributed by atoms with Crippen molar-refractivity contribution in [1.29, 1.82) is 0 Å². The van der Waals surface area contributed by atoms with Crippen molar-refractivity contribution in [1.82, 2.24) is 5.32 Å². The Morgan fingerprint density at radius 3 is 2.62 bits per heavy atom. The highest BCUT2D eigenvalue weighted by Gasteiger charge is 2.13. The van der Waals surface area contributed by atoms with Crippen LogP contribution in [0.25, 0.3) is 0 Å². The molecule has 0 spiro atoms. The van der Waals surface area contributed by atoms with Crippen molar-refractivity contribution in [2.75, 3.05) is 31.6 Å². The Hall–Kier alpha value is -0.580. The lowest BCUT2D eigenvalue weighted by Gasteiger charge is -2.26. The highest BCUT2D eigenvalue weighted by atomic mass is 79.9. The third kappa shape index (κ3) is 6.37. The summed E-state index contributed by atoms with van der Waals surface area (Å²) in [5.41, 5.74) is 2.59. The lowest BCUT2D eigenvalue weighted by Crippen LogP contribution is -2.27. The molecule has 0 aliphatic heterocycles. The number of hydrogen-bond donors (Lipinski definition) is 1. The first-order valence-electron chi connectivity index (χ1n) is 7.81. The molecule has 0 aromatic heterocycles. The molecule has 1 N–H and O–H groups in total. The lowest BCUT2D eigenvalue weighted by atomic mass is 10.1. The van der Waals surface area contributed by atoms with Crippen LogP contribution >= 0.6 is 15.9 Å². The van der Waals surface area contributed by atoms with Crippen LogP contribution in [0, 0.1) is 0 Å². The van der Waals surface area contributed by atoms with Crippen LogP contribution < -0.4 is 10.2 Å². The van der Waals surface area contributed by atoms with Gasteiger partial charge in [0.2, 0.25) is 0 Å². The fraction of sp³-hybridized carbons (Fsp3) is 0.647. The van der Waals surface area contributed by atoms with Crippen LogP contribution in [0.1, 0.15) is 45.7 Å². The van der Waals surface area contributed by atoms with E-state index in [-0.39, 0.29) is 6.10 Å². The molecule has 0 amide bonds. The van der Waals surface area contributed by atoms with E-state index < -0.39 is 0 Å². The second kappa shape index (κ2) is 9.44. The molecule has 1 rings (SSSR count). The summed E-state index contributed by atoms with van der Waals surface area (Å²) in [7, 11) is 2.13. The summed E-state index contributed by atoms with van der Waals surface area (Å²) in [6.45, 7) is 11.2. The number of rotatable bonds is 9. The van der Waals surface area contributed by atoms with Gasteiger partial charge in [-0.1, -0.05) is 22.9 Å². The molecule has 0 fully saturated rings. The normalized spacial score (nSPS) is 12.7. The highest BCUT2D eigenvalue weighted by Crippen LogP contribution is 2.29. The van der Waals surface area contributed by atoms with Crippen LogP contribution in [0.2, 0.25) is 0 Å². The predicted molar refractivity (Wildman–Crippen MR) is 95.2 cm³/mol. The molecule has 1 aromatic rings. The molecular formula is C17H29BrN2O. The Bertz CT molecular complexity index is 423. The molecule has 0 heterocycles. The SMILES string of the molecule is CCCNC(C)c1cc(Br)ccc1N(C)CCOC(C)C. The summed E-state index contributed by atoms with van der Waals surface area (Å²) >= 11 is 3.58. The van der Waals surface area contributed by atoms with E-state index in [4.69, 9.17) is 4.74 Å². The minimum Gasteiger partial charge on any atom is -0.377 e. The van der Waals surface area contributed by atoms with Gasteiger partial charge in [-0.2, -0.15) is 0 Å². The second-order valence-corrected chi connectivity index (χ2v) is 6.64. The molecule has 1 aromatic carbocycles. The molecule has 3 nitrogen and oxygen atoms in total. The largest absolute Gasteiger partial charge is 0.377 e. The second-order valence-electron chi connectivity index (χ2n) is 5.72. The van der Waals surface area contributed by atoms with E-state index in [1.807, 2.05) is 0 Å². The molecule has 0 saturated carbocycles. The van der Waals surface area contributed by atoms with Crippen molar-refractivity contribution in [2.45, 2.75) is 46.3 Å². The molecule has 0 aliphatic rings. The zero-order valence-corrected chi connectivity index (χ0v) is 15.5. The monoisotopic (exact) mass is 356 g/mol. The lowest BCUT2D eigenvalue weighted by molar-refractivity contribution is 0.0846. The molecule has 4 heteroatoms. The maximum Gasteiger partial charge on any atom is 0.0644 e. The summed E-state index contributed by atoms with van der Waals surface area (Å²) in [6, 6.07) is 6.83. The summed E-state index contributed by atoms with van der Waals surface area (Å²) in [5.74, 6) is 0. The van der Waals surface area contributed by atoms with E-state index >= 15 is 0 Å². The van der Waals surface area contributed by atoms with Gasteiger partial charge in [0.05, 0.1) is 12.7 Å². The number of likely N-dealkylation sites (N-methyl/N-ethyl adjacent to an activating group) is 1. The van der Waals surface area contributed by atoms with E-state index in [0.29, 0.717) is 6.04 Å². The minimum atomic E-state index is 0.285. The topological polar surface area (TPSA) is 24.5 Å². The fourth-order valence-corrected chi connectivity index (χ4v) is 2.62. The van der Waals surface area contributed by atoms with Crippen molar-refractivity contribution in [2.24, 2.45) is 0 Å². The molecule has 1 unspecified atom stereocenters. The van der Waals surface area contributed by atoms with E-state index in [9.17, 15) is 0 Å². The fourth-order valence-electron chi connectivity index (χ4n) is 2.24. The van der Waals surface area contributed by atoms with E-state index in [0.717, 1.165) is 30.6 Å². The molecular weight excluding hydrogens is 328 g/mol. The summed E-state index contributed by atoms with van der Waals surface area (Å²) in [4.78, 5) is 2.27. The van der Waals surface area contributed by atoms with Crippen molar-refractivity contribution in [3.63, 3.8) is 0 Å². The number of anilines is 1. The predicted octanol–water partition coefficient (Wildman–Crippen LogP) is 4.37. The van der Waals surface area contributed by atoms with Crippen molar-refractivity contribution in [3.05, 3.63) is 28.2 Å². The molecule has 0 bridgehead atoms. The van der Waals surface area contributed by atoms with E-state index in [1.54, 1.807) is 0 Å². The maximum atomic E-state index is 5.66. The Morgan fingerprint density at radius 1 is 1.29 bits per heavy atom. The molecule has 0 saturated heterocycles. The van der Waals surface area contributed by atoms with Gasteiger partial charge in [-0.3, -0.25) is 0 Å². The Morgan fingerprint density at radius 2 is 2.00 bits per heavy atom. The number of nitrogens with zero attached hydrogens (tertiary/aromatic N) is 1. The molecule has 120 valence electrons. The van der Waals surface area contributed by atoms with Gasteiger partial charge in [-0.05, 0) is 57.5 Å². The Kier molecular flexibility index (Phi) is 8.30. The van der Waals surface area contributed by atoms with E-state index in [2.05, 4.69) is 79.1 Å². The first-order chi connectivity index (χ1) is 9.95. The van der Waals surface area contributed by atoms with Gasteiger partial charge in [0.1, 0.15) is 0 Å². The zero-order chi connectivity index (χ0) is 15.8. The van der Waals surface area contributed by atoms with Gasteiger partial charge in [-0.25, -0.2) is 0 Å². The van der Waals surface area contributed by atoms with Crippen molar-refractivity contribution < 1.29 is 4.74 Å². The number of halogens is 1. The van der Waals surface area contributed by atoms with Gasteiger partial charge in [0.25, 0.3) is 0 Å². The summed E-state index contributed by atoms with van der Waals surface area (Å²) in [6.07, 6.45) is 1.43.